The molecule has 0 atom stereocenters. The molecule has 0 aliphatic carbocycles. The topological polar surface area (TPSA) is 49.7 Å². The SMILES string of the molecule is OP(O)Oc1ccc(-c2ccccc2)c(-c2ccccc2)c1-c1ccccc1. The highest BCUT2D eigenvalue weighted by Crippen LogP contribution is 2.47. The van der Waals surface area contributed by atoms with Crippen molar-refractivity contribution in [2.45, 2.75) is 0 Å². The van der Waals surface area contributed by atoms with Gasteiger partial charge in [0.2, 0.25) is 0 Å². The summed E-state index contributed by atoms with van der Waals surface area (Å²) in [4.78, 5) is 19.0. The van der Waals surface area contributed by atoms with Crippen LogP contribution in [0.15, 0.2) is 103 Å². The number of rotatable bonds is 5. The molecule has 0 spiro atoms. The van der Waals surface area contributed by atoms with Gasteiger partial charge in [0.25, 0.3) is 0 Å². The van der Waals surface area contributed by atoms with E-state index in [0.717, 1.165) is 33.4 Å². The van der Waals surface area contributed by atoms with Crippen LogP contribution in [-0.2, 0) is 0 Å². The van der Waals surface area contributed by atoms with Crippen LogP contribution >= 0.6 is 8.60 Å². The van der Waals surface area contributed by atoms with Gasteiger partial charge in [-0.15, -0.1) is 0 Å². The fraction of sp³-hybridized carbons (Fsp3) is 0. The molecule has 0 unspecified atom stereocenters. The predicted octanol–water partition coefficient (Wildman–Crippen LogP) is 6.28. The quantitative estimate of drug-likeness (QED) is 0.397. The Morgan fingerprint density at radius 3 is 1.46 bits per heavy atom. The van der Waals surface area contributed by atoms with Crippen LogP contribution in [0.3, 0.4) is 0 Å². The molecule has 0 aliphatic rings. The van der Waals surface area contributed by atoms with E-state index in [0.29, 0.717) is 5.75 Å². The van der Waals surface area contributed by atoms with E-state index in [9.17, 15) is 9.79 Å². The third-order valence-corrected chi connectivity index (χ3v) is 4.92. The van der Waals surface area contributed by atoms with Crippen LogP contribution in [0.4, 0.5) is 0 Å². The van der Waals surface area contributed by atoms with Gasteiger partial charge in [-0.1, -0.05) is 97.1 Å². The van der Waals surface area contributed by atoms with Crippen LogP contribution in [0.5, 0.6) is 5.75 Å². The average molecular weight is 386 g/mol. The van der Waals surface area contributed by atoms with Gasteiger partial charge < -0.3 is 14.3 Å². The van der Waals surface area contributed by atoms with Crippen molar-refractivity contribution in [1.82, 2.24) is 0 Å². The molecule has 0 aromatic heterocycles. The third-order valence-electron chi connectivity index (χ3n) is 4.56. The van der Waals surface area contributed by atoms with Crippen LogP contribution in [0.25, 0.3) is 33.4 Å². The maximum Gasteiger partial charge on any atom is 0.391 e. The summed E-state index contributed by atoms with van der Waals surface area (Å²) in [5.74, 6) is 0.445. The standard InChI is InChI=1S/C24H19O3P/c25-28(26)27-22-17-16-21(18-10-4-1-5-11-18)23(19-12-6-2-7-13-19)24(22)20-14-8-3-9-15-20/h1-17,25-26H. The normalized spacial score (nSPS) is 10.8. The van der Waals surface area contributed by atoms with Gasteiger partial charge in [-0.25, -0.2) is 0 Å². The molecular weight excluding hydrogens is 367 g/mol. The molecule has 4 rings (SSSR count). The molecular formula is C24H19O3P. The molecule has 0 saturated heterocycles. The first-order chi connectivity index (χ1) is 13.7. The Labute approximate surface area is 165 Å². The molecule has 28 heavy (non-hydrogen) atoms. The summed E-state index contributed by atoms with van der Waals surface area (Å²) in [5, 5.41) is 0. The van der Waals surface area contributed by atoms with Crippen LogP contribution in [0, 0.1) is 0 Å². The van der Waals surface area contributed by atoms with Crippen molar-refractivity contribution in [2.24, 2.45) is 0 Å². The monoisotopic (exact) mass is 386 g/mol. The lowest BCUT2D eigenvalue weighted by Gasteiger charge is -2.20. The van der Waals surface area contributed by atoms with Gasteiger partial charge >= 0.3 is 8.60 Å². The highest BCUT2D eigenvalue weighted by atomic mass is 31.2. The summed E-state index contributed by atoms with van der Waals surface area (Å²) in [5.41, 5.74) is 5.95. The fourth-order valence-electron chi connectivity index (χ4n) is 3.40. The largest absolute Gasteiger partial charge is 0.426 e. The zero-order valence-corrected chi connectivity index (χ0v) is 16.0. The van der Waals surface area contributed by atoms with E-state index in [1.807, 2.05) is 72.8 Å². The lowest BCUT2D eigenvalue weighted by atomic mass is 9.87. The van der Waals surface area contributed by atoms with Crippen LogP contribution in [0.2, 0.25) is 0 Å². The molecule has 0 bridgehead atoms. The van der Waals surface area contributed by atoms with Gasteiger partial charge in [0.1, 0.15) is 5.75 Å². The molecule has 4 aromatic carbocycles. The summed E-state index contributed by atoms with van der Waals surface area (Å²) < 4.78 is 5.43. The minimum Gasteiger partial charge on any atom is -0.426 e. The zero-order valence-electron chi connectivity index (χ0n) is 15.1. The van der Waals surface area contributed by atoms with Gasteiger partial charge in [0, 0.05) is 11.1 Å². The van der Waals surface area contributed by atoms with Crippen molar-refractivity contribution < 1.29 is 14.3 Å². The van der Waals surface area contributed by atoms with Crippen molar-refractivity contribution in [3.63, 3.8) is 0 Å². The van der Waals surface area contributed by atoms with Crippen molar-refractivity contribution in [1.29, 1.82) is 0 Å². The molecule has 3 nitrogen and oxygen atoms in total. The first kappa shape index (κ1) is 18.4. The van der Waals surface area contributed by atoms with E-state index < -0.39 is 8.60 Å². The number of hydrogen-bond donors (Lipinski definition) is 2. The van der Waals surface area contributed by atoms with Crippen LogP contribution < -0.4 is 4.52 Å². The number of benzene rings is 4. The number of hydrogen-bond acceptors (Lipinski definition) is 3. The maximum atomic E-state index is 9.52. The van der Waals surface area contributed by atoms with E-state index in [1.54, 1.807) is 6.07 Å². The minimum absolute atomic E-state index is 0.445. The highest BCUT2D eigenvalue weighted by Gasteiger charge is 2.20. The first-order valence-corrected chi connectivity index (χ1v) is 10.1. The molecule has 4 heteroatoms. The van der Waals surface area contributed by atoms with Crippen molar-refractivity contribution in [2.75, 3.05) is 0 Å². The second kappa shape index (κ2) is 8.37. The van der Waals surface area contributed by atoms with Crippen LogP contribution in [-0.4, -0.2) is 9.79 Å². The van der Waals surface area contributed by atoms with Crippen molar-refractivity contribution in [3.05, 3.63) is 103 Å². The fourth-order valence-corrected chi connectivity index (χ4v) is 3.73. The Morgan fingerprint density at radius 1 is 0.500 bits per heavy atom. The lowest BCUT2D eigenvalue weighted by molar-refractivity contribution is 0.376. The summed E-state index contributed by atoms with van der Waals surface area (Å²) >= 11 is 0. The molecule has 4 aromatic rings. The molecule has 2 N–H and O–H groups in total. The maximum absolute atomic E-state index is 9.52. The van der Waals surface area contributed by atoms with Gasteiger partial charge in [0.15, 0.2) is 0 Å². The molecule has 0 amide bonds. The van der Waals surface area contributed by atoms with E-state index in [4.69, 9.17) is 4.52 Å². The van der Waals surface area contributed by atoms with E-state index in [-0.39, 0.29) is 0 Å². The summed E-state index contributed by atoms with van der Waals surface area (Å²) in [6, 6.07) is 33.9. The minimum atomic E-state index is -2.53. The highest BCUT2D eigenvalue weighted by molar-refractivity contribution is 7.39. The molecule has 138 valence electrons. The molecule has 0 saturated carbocycles. The van der Waals surface area contributed by atoms with Crippen LogP contribution in [0.1, 0.15) is 0 Å². The Hall–Kier alpha value is -2.97. The first-order valence-electron chi connectivity index (χ1n) is 8.93. The average Bonchev–Trinajstić information content (AvgIpc) is 2.75. The van der Waals surface area contributed by atoms with Gasteiger partial charge in [0.05, 0.1) is 0 Å². The van der Waals surface area contributed by atoms with Gasteiger partial charge in [-0.05, 0) is 28.3 Å². The van der Waals surface area contributed by atoms with Gasteiger partial charge in [-0.2, -0.15) is 0 Å². The summed E-state index contributed by atoms with van der Waals surface area (Å²) in [7, 11) is -2.53. The predicted molar refractivity (Wildman–Crippen MR) is 115 cm³/mol. The Bertz CT molecular complexity index is 1050. The van der Waals surface area contributed by atoms with Crippen molar-refractivity contribution in [3.8, 4) is 39.1 Å². The zero-order chi connectivity index (χ0) is 19.3. The van der Waals surface area contributed by atoms with E-state index in [1.165, 1.54) is 0 Å². The molecule has 0 aliphatic heterocycles. The second-order valence-corrected chi connectivity index (χ2v) is 6.99. The molecule has 0 radical (unpaired) electrons. The molecule has 0 fully saturated rings. The van der Waals surface area contributed by atoms with Crippen molar-refractivity contribution >= 4 is 8.60 Å². The van der Waals surface area contributed by atoms with E-state index >= 15 is 0 Å². The Balaban J connectivity index is 2.07. The Morgan fingerprint density at radius 2 is 0.964 bits per heavy atom. The second-order valence-electron chi connectivity index (χ2n) is 6.30. The van der Waals surface area contributed by atoms with Gasteiger partial charge in [-0.3, -0.25) is 0 Å². The smallest absolute Gasteiger partial charge is 0.391 e. The lowest BCUT2D eigenvalue weighted by Crippen LogP contribution is -1.95. The Kier molecular flexibility index (Phi) is 5.50. The van der Waals surface area contributed by atoms with E-state index in [2.05, 4.69) is 24.3 Å². The third kappa shape index (κ3) is 3.83. The summed E-state index contributed by atoms with van der Waals surface area (Å²) in [6.07, 6.45) is 0. The molecule has 0 heterocycles. The summed E-state index contributed by atoms with van der Waals surface area (Å²) in [6.45, 7) is 0.